The van der Waals surface area contributed by atoms with E-state index >= 15 is 0 Å². The van der Waals surface area contributed by atoms with E-state index in [1.165, 1.54) is 89.9 Å². The molecule has 0 rings (SSSR count). The number of amides is 1. The SMILES string of the molecule is CCCCCCCCCCCCCCCCCC(=O)NC(C)C[N+](C)(C)CCO.O=[N+]([O-])[O-]. The van der Waals surface area contributed by atoms with Gasteiger partial charge in [-0.2, -0.15) is 0 Å². The number of carbonyl (C=O) groups is 1. The Morgan fingerprint density at radius 1 is 0.848 bits per heavy atom. The van der Waals surface area contributed by atoms with Crippen molar-refractivity contribution in [1.29, 1.82) is 0 Å². The first kappa shape index (κ1) is 33.8. The second kappa shape index (κ2) is 23.7. The Morgan fingerprint density at radius 3 is 1.58 bits per heavy atom. The van der Waals surface area contributed by atoms with E-state index in [-0.39, 0.29) is 18.6 Å². The van der Waals surface area contributed by atoms with Gasteiger partial charge in [-0.3, -0.25) is 4.79 Å². The molecule has 0 spiro atoms. The van der Waals surface area contributed by atoms with E-state index in [0.29, 0.717) is 6.42 Å². The van der Waals surface area contributed by atoms with E-state index in [4.69, 9.17) is 20.4 Å². The molecule has 0 radical (unpaired) electrons. The molecule has 0 aliphatic carbocycles. The number of hydrogen-bond acceptors (Lipinski definition) is 5. The van der Waals surface area contributed by atoms with Crippen molar-refractivity contribution in [1.82, 2.24) is 5.32 Å². The summed E-state index contributed by atoms with van der Waals surface area (Å²) in [6.07, 6.45) is 20.9. The van der Waals surface area contributed by atoms with Crippen LogP contribution in [0.4, 0.5) is 0 Å². The third-order valence-electron chi connectivity index (χ3n) is 5.89. The van der Waals surface area contributed by atoms with Gasteiger partial charge in [0.15, 0.2) is 0 Å². The fraction of sp³-hybridized carbons (Fsp3) is 0.960. The first-order valence-corrected chi connectivity index (χ1v) is 13.2. The maximum atomic E-state index is 12.1. The van der Waals surface area contributed by atoms with Crippen LogP contribution < -0.4 is 5.32 Å². The summed E-state index contributed by atoms with van der Waals surface area (Å²) in [5, 5.41) is 27.0. The van der Waals surface area contributed by atoms with E-state index in [1.54, 1.807) is 0 Å². The Hall–Kier alpha value is -1.41. The summed E-state index contributed by atoms with van der Waals surface area (Å²) in [7, 11) is 4.18. The minimum atomic E-state index is -1.75. The van der Waals surface area contributed by atoms with Crippen LogP contribution in [0.15, 0.2) is 0 Å². The number of quaternary nitrogens is 1. The van der Waals surface area contributed by atoms with Crippen LogP contribution in [0.25, 0.3) is 0 Å². The molecular formula is C25H53N3O5. The first-order valence-electron chi connectivity index (χ1n) is 13.2. The maximum Gasteiger partial charge on any atom is 0.220 e. The minimum Gasteiger partial charge on any atom is -0.391 e. The van der Waals surface area contributed by atoms with Crippen LogP contribution in [-0.4, -0.2) is 60.4 Å². The highest BCUT2D eigenvalue weighted by molar-refractivity contribution is 5.76. The molecular weight excluding hydrogens is 422 g/mol. The zero-order valence-corrected chi connectivity index (χ0v) is 22.0. The van der Waals surface area contributed by atoms with Crippen molar-refractivity contribution in [2.45, 2.75) is 123 Å². The summed E-state index contributed by atoms with van der Waals surface area (Å²) in [5.41, 5.74) is 0. The summed E-state index contributed by atoms with van der Waals surface area (Å²) >= 11 is 0. The van der Waals surface area contributed by atoms with Crippen molar-refractivity contribution in [3.63, 3.8) is 0 Å². The molecule has 0 aliphatic heterocycles. The molecule has 8 nitrogen and oxygen atoms in total. The van der Waals surface area contributed by atoms with Gasteiger partial charge in [-0.05, 0) is 13.3 Å². The average molecular weight is 476 g/mol. The van der Waals surface area contributed by atoms with Crippen molar-refractivity contribution in [3.05, 3.63) is 15.3 Å². The number of nitrogens with zero attached hydrogens (tertiary/aromatic N) is 2. The van der Waals surface area contributed by atoms with Crippen LogP contribution >= 0.6 is 0 Å². The molecule has 2 N–H and O–H groups in total. The maximum absolute atomic E-state index is 12.1. The molecule has 33 heavy (non-hydrogen) atoms. The lowest BCUT2D eigenvalue weighted by Gasteiger charge is -2.32. The van der Waals surface area contributed by atoms with Gasteiger partial charge in [-0.1, -0.05) is 96.8 Å². The Morgan fingerprint density at radius 2 is 1.21 bits per heavy atom. The number of nitrogens with one attached hydrogen (secondary N) is 1. The number of carbonyl (C=O) groups excluding carboxylic acids is 1. The number of likely N-dealkylation sites (N-methyl/N-ethyl adjacent to an activating group) is 1. The Balaban J connectivity index is 0. The lowest BCUT2D eigenvalue weighted by Crippen LogP contribution is -2.51. The molecule has 0 aromatic rings. The number of rotatable bonds is 21. The molecule has 1 amide bonds. The quantitative estimate of drug-likeness (QED) is 0.0972. The standard InChI is InChI=1S/C25H52N2O2.NO3/c1-5-6-7-8-9-10-11-12-13-14-15-16-17-18-19-20-25(29)26-24(2)23-27(3,4)21-22-28;2-1(3)4/h24,28H,5-23H2,1-4H3;/q;-1/p+1. The number of unbranched alkanes of at least 4 members (excludes halogenated alkanes) is 14. The first-order chi connectivity index (χ1) is 15.6. The summed E-state index contributed by atoms with van der Waals surface area (Å²) in [6, 6.07) is 0.153. The van der Waals surface area contributed by atoms with Gasteiger partial charge in [-0.15, -0.1) is 0 Å². The fourth-order valence-corrected chi connectivity index (χ4v) is 4.15. The van der Waals surface area contributed by atoms with Gasteiger partial charge in [0.2, 0.25) is 5.91 Å². The van der Waals surface area contributed by atoms with Crippen molar-refractivity contribution in [2.75, 3.05) is 33.8 Å². The summed E-state index contributed by atoms with van der Waals surface area (Å²) in [4.78, 5) is 20.3. The number of hydrogen-bond donors (Lipinski definition) is 2. The van der Waals surface area contributed by atoms with Gasteiger partial charge in [0.25, 0.3) is 0 Å². The van der Waals surface area contributed by atoms with Gasteiger partial charge in [0, 0.05) is 6.42 Å². The second-order valence-corrected chi connectivity index (χ2v) is 9.96. The Kier molecular flexibility index (Phi) is 24.3. The topological polar surface area (TPSA) is 116 Å². The van der Waals surface area contributed by atoms with Crippen molar-refractivity contribution < 1.29 is 19.5 Å². The molecule has 0 heterocycles. The smallest absolute Gasteiger partial charge is 0.220 e. The fourth-order valence-electron chi connectivity index (χ4n) is 4.15. The second-order valence-electron chi connectivity index (χ2n) is 9.96. The summed E-state index contributed by atoms with van der Waals surface area (Å²) < 4.78 is 0.733. The largest absolute Gasteiger partial charge is 0.391 e. The minimum absolute atomic E-state index is 0.153. The van der Waals surface area contributed by atoms with Crippen LogP contribution in [0, 0.1) is 15.3 Å². The van der Waals surface area contributed by atoms with E-state index in [2.05, 4.69) is 33.3 Å². The molecule has 0 aliphatic rings. The van der Waals surface area contributed by atoms with Gasteiger partial charge in [0.05, 0.1) is 38.4 Å². The number of aliphatic hydroxyl groups is 1. The summed E-state index contributed by atoms with van der Waals surface area (Å²) in [5.74, 6) is 0.177. The molecule has 0 bridgehead atoms. The van der Waals surface area contributed by atoms with Crippen LogP contribution in [0.2, 0.25) is 0 Å². The molecule has 0 saturated heterocycles. The highest BCUT2D eigenvalue weighted by atomic mass is 16.9. The number of aliphatic hydroxyl groups excluding tert-OH is 1. The highest BCUT2D eigenvalue weighted by Gasteiger charge is 2.19. The Bertz CT molecular complexity index is 457. The van der Waals surface area contributed by atoms with Crippen molar-refractivity contribution in [3.8, 4) is 0 Å². The monoisotopic (exact) mass is 475 g/mol. The predicted octanol–water partition coefficient (Wildman–Crippen LogP) is 5.58. The third-order valence-corrected chi connectivity index (χ3v) is 5.89. The van der Waals surface area contributed by atoms with E-state index in [1.807, 2.05) is 0 Å². The molecule has 0 saturated carbocycles. The van der Waals surface area contributed by atoms with E-state index in [9.17, 15) is 4.79 Å². The zero-order chi connectivity index (χ0) is 25.4. The van der Waals surface area contributed by atoms with Crippen LogP contribution in [0.3, 0.4) is 0 Å². The normalized spacial score (nSPS) is 12.0. The van der Waals surface area contributed by atoms with Gasteiger partial charge < -0.3 is 30.2 Å². The average Bonchev–Trinajstić information content (AvgIpc) is 2.69. The van der Waals surface area contributed by atoms with Gasteiger partial charge in [0.1, 0.15) is 6.54 Å². The van der Waals surface area contributed by atoms with Crippen molar-refractivity contribution >= 4 is 5.91 Å². The predicted molar refractivity (Wildman–Crippen MR) is 136 cm³/mol. The molecule has 1 unspecified atom stereocenters. The molecule has 198 valence electrons. The van der Waals surface area contributed by atoms with Crippen LogP contribution in [0.5, 0.6) is 0 Å². The Labute approximate surface area is 202 Å². The molecule has 0 aromatic heterocycles. The van der Waals surface area contributed by atoms with Crippen molar-refractivity contribution in [2.24, 2.45) is 0 Å². The molecule has 8 heteroatoms. The van der Waals surface area contributed by atoms with E-state index < -0.39 is 5.09 Å². The van der Waals surface area contributed by atoms with Gasteiger partial charge in [-0.25, -0.2) is 0 Å². The molecule has 0 fully saturated rings. The summed E-state index contributed by atoms with van der Waals surface area (Å²) in [6.45, 7) is 6.10. The van der Waals surface area contributed by atoms with E-state index in [0.717, 1.165) is 24.0 Å². The lowest BCUT2D eigenvalue weighted by atomic mass is 10.0. The van der Waals surface area contributed by atoms with Crippen LogP contribution in [-0.2, 0) is 4.79 Å². The van der Waals surface area contributed by atoms with Crippen LogP contribution in [0.1, 0.15) is 117 Å². The zero-order valence-electron chi connectivity index (χ0n) is 22.0. The highest BCUT2D eigenvalue weighted by Crippen LogP contribution is 2.13. The lowest BCUT2D eigenvalue weighted by molar-refractivity contribution is -0.891. The van der Waals surface area contributed by atoms with Gasteiger partial charge >= 0.3 is 0 Å². The molecule has 1 atom stereocenters. The third kappa shape index (κ3) is 30.6. The molecule has 0 aromatic carbocycles.